The summed E-state index contributed by atoms with van der Waals surface area (Å²) in [5.74, 6) is -1.41. The van der Waals surface area contributed by atoms with Gasteiger partial charge in [0.1, 0.15) is 18.3 Å². The lowest BCUT2D eigenvalue weighted by Gasteiger charge is -2.38. The highest BCUT2D eigenvalue weighted by molar-refractivity contribution is 5.73. The Balaban J connectivity index is 2.69. The van der Waals surface area contributed by atoms with E-state index in [-0.39, 0.29) is 6.61 Å². The summed E-state index contributed by atoms with van der Waals surface area (Å²) in [6.45, 7) is 2.09. The number of carboxylic acids is 1. The molecule has 0 aromatic heterocycles. The fraction of sp³-hybridized carbons (Fsp3) is 0.889. The Morgan fingerprint density at radius 1 is 1.25 bits per heavy atom. The molecule has 0 aromatic carbocycles. The van der Waals surface area contributed by atoms with Crippen LogP contribution in [0.15, 0.2) is 0 Å². The molecular formula is C9H16O7. The number of aliphatic carboxylic acids is 1. The van der Waals surface area contributed by atoms with E-state index < -0.39 is 36.7 Å². The Morgan fingerprint density at radius 3 is 2.38 bits per heavy atom. The summed E-state index contributed by atoms with van der Waals surface area (Å²) >= 11 is 0. The molecule has 0 bridgehead atoms. The number of aliphatic hydroxyl groups excluding tert-OH is 3. The molecule has 7 nitrogen and oxygen atoms in total. The number of ether oxygens (including phenoxy) is 2. The summed E-state index contributed by atoms with van der Waals surface area (Å²) in [6.07, 6.45) is -6.91. The molecule has 1 aliphatic heterocycles. The van der Waals surface area contributed by atoms with Crippen LogP contribution >= 0.6 is 0 Å². The lowest BCUT2D eigenvalue weighted by molar-refractivity contribution is -0.293. The largest absolute Gasteiger partial charge is 0.479 e. The zero-order valence-electron chi connectivity index (χ0n) is 8.81. The van der Waals surface area contributed by atoms with E-state index in [9.17, 15) is 20.1 Å². The second kappa shape index (κ2) is 5.55. The molecule has 16 heavy (non-hydrogen) atoms. The van der Waals surface area contributed by atoms with Crippen molar-refractivity contribution in [2.24, 2.45) is 0 Å². The molecule has 1 aliphatic rings. The summed E-state index contributed by atoms with van der Waals surface area (Å²) in [7, 11) is 0. The topological polar surface area (TPSA) is 116 Å². The minimum Gasteiger partial charge on any atom is -0.479 e. The van der Waals surface area contributed by atoms with Gasteiger partial charge in [-0.1, -0.05) is 6.92 Å². The Kier molecular flexibility index (Phi) is 4.63. The van der Waals surface area contributed by atoms with Gasteiger partial charge in [0.15, 0.2) is 12.4 Å². The number of hydrogen-bond donors (Lipinski definition) is 4. The average Bonchev–Trinajstić information content (AvgIpc) is 2.24. The van der Waals surface area contributed by atoms with Crippen molar-refractivity contribution < 1.29 is 34.7 Å². The van der Waals surface area contributed by atoms with Gasteiger partial charge in [0.2, 0.25) is 0 Å². The maximum Gasteiger partial charge on any atom is 0.335 e. The first kappa shape index (κ1) is 13.3. The molecule has 0 saturated carbocycles. The zero-order valence-corrected chi connectivity index (χ0v) is 8.81. The van der Waals surface area contributed by atoms with Crippen LogP contribution in [0.5, 0.6) is 0 Å². The quantitative estimate of drug-likeness (QED) is 0.460. The molecular weight excluding hydrogens is 220 g/mol. The normalized spacial score (nSPS) is 39.6. The van der Waals surface area contributed by atoms with Gasteiger partial charge in [-0.3, -0.25) is 0 Å². The van der Waals surface area contributed by atoms with Gasteiger partial charge in [0, 0.05) is 6.61 Å². The standard InChI is InChI=1S/C9H16O7/c1-2-3-15-9-6(12)4(10)5(11)7(16-9)8(13)14/h4-7,9-12H,2-3H2,1H3,(H,13,14)/t4-,5?,6?,7?,9?/m0/s1. The summed E-state index contributed by atoms with van der Waals surface area (Å²) in [6, 6.07) is 0. The van der Waals surface area contributed by atoms with Gasteiger partial charge in [0.25, 0.3) is 0 Å². The average molecular weight is 236 g/mol. The van der Waals surface area contributed by atoms with Crippen LogP contribution in [-0.2, 0) is 14.3 Å². The maximum absolute atomic E-state index is 10.7. The number of carbonyl (C=O) groups is 1. The molecule has 94 valence electrons. The lowest BCUT2D eigenvalue weighted by atomic mass is 9.99. The summed E-state index contributed by atoms with van der Waals surface area (Å²) in [4.78, 5) is 10.7. The van der Waals surface area contributed by atoms with Crippen LogP contribution < -0.4 is 0 Å². The van der Waals surface area contributed by atoms with Crippen molar-refractivity contribution in [3.8, 4) is 0 Å². The molecule has 1 fully saturated rings. The van der Waals surface area contributed by atoms with E-state index in [1.165, 1.54) is 0 Å². The van der Waals surface area contributed by atoms with Crippen LogP contribution in [0.4, 0.5) is 0 Å². The van der Waals surface area contributed by atoms with Gasteiger partial charge in [-0.15, -0.1) is 0 Å². The van der Waals surface area contributed by atoms with Crippen molar-refractivity contribution >= 4 is 5.97 Å². The van der Waals surface area contributed by atoms with Crippen molar-refractivity contribution in [1.29, 1.82) is 0 Å². The Hall–Kier alpha value is -0.730. The molecule has 0 radical (unpaired) electrons. The predicted octanol–water partition coefficient (Wildman–Crippen LogP) is -1.69. The predicted molar refractivity (Wildman–Crippen MR) is 50.6 cm³/mol. The molecule has 0 aromatic rings. The van der Waals surface area contributed by atoms with E-state index in [0.29, 0.717) is 6.42 Å². The molecule has 4 unspecified atom stereocenters. The molecule has 1 heterocycles. The number of rotatable bonds is 4. The summed E-state index contributed by atoms with van der Waals surface area (Å²) < 4.78 is 9.90. The highest BCUT2D eigenvalue weighted by Gasteiger charge is 2.47. The Labute approximate surface area is 92.2 Å². The van der Waals surface area contributed by atoms with Crippen LogP contribution in [0.1, 0.15) is 13.3 Å². The van der Waals surface area contributed by atoms with E-state index in [1.807, 2.05) is 6.92 Å². The first-order chi connectivity index (χ1) is 7.49. The first-order valence-electron chi connectivity index (χ1n) is 5.03. The van der Waals surface area contributed by atoms with Gasteiger partial charge < -0.3 is 29.9 Å². The van der Waals surface area contributed by atoms with Crippen molar-refractivity contribution in [3.63, 3.8) is 0 Å². The smallest absolute Gasteiger partial charge is 0.335 e. The fourth-order valence-corrected chi connectivity index (χ4v) is 1.42. The number of aliphatic hydroxyl groups is 3. The molecule has 0 amide bonds. The molecule has 1 saturated heterocycles. The van der Waals surface area contributed by atoms with Crippen molar-refractivity contribution in [2.45, 2.75) is 44.1 Å². The Bertz CT molecular complexity index is 244. The van der Waals surface area contributed by atoms with Crippen LogP contribution in [0, 0.1) is 0 Å². The molecule has 0 aliphatic carbocycles. The minimum absolute atomic E-state index is 0.261. The monoisotopic (exact) mass is 236 g/mol. The Morgan fingerprint density at radius 2 is 1.88 bits per heavy atom. The first-order valence-corrected chi connectivity index (χ1v) is 5.03. The SMILES string of the molecule is CCCOC1OC(C(=O)O)C(O)[C@H](O)C1O. The van der Waals surface area contributed by atoms with Gasteiger partial charge in [-0.05, 0) is 6.42 Å². The van der Waals surface area contributed by atoms with E-state index in [0.717, 1.165) is 0 Å². The fourth-order valence-electron chi connectivity index (χ4n) is 1.42. The van der Waals surface area contributed by atoms with Gasteiger partial charge in [-0.2, -0.15) is 0 Å². The molecule has 1 rings (SSSR count). The minimum atomic E-state index is -1.67. The van der Waals surface area contributed by atoms with Crippen LogP contribution in [0.25, 0.3) is 0 Å². The third-order valence-electron chi connectivity index (χ3n) is 2.30. The van der Waals surface area contributed by atoms with Crippen molar-refractivity contribution in [1.82, 2.24) is 0 Å². The molecule has 4 N–H and O–H groups in total. The molecule has 5 atom stereocenters. The third-order valence-corrected chi connectivity index (χ3v) is 2.30. The second-order valence-corrected chi connectivity index (χ2v) is 3.61. The van der Waals surface area contributed by atoms with Crippen molar-refractivity contribution in [2.75, 3.05) is 6.61 Å². The highest BCUT2D eigenvalue weighted by atomic mass is 16.7. The van der Waals surface area contributed by atoms with E-state index in [1.54, 1.807) is 0 Å². The van der Waals surface area contributed by atoms with E-state index in [2.05, 4.69) is 0 Å². The number of hydrogen-bond acceptors (Lipinski definition) is 6. The molecule has 0 spiro atoms. The lowest BCUT2D eigenvalue weighted by Crippen LogP contribution is -2.60. The third kappa shape index (κ3) is 2.69. The van der Waals surface area contributed by atoms with Gasteiger partial charge in [-0.25, -0.2) is 4.79 Å². The second-order valence-electron chi connectivity index (χ2n) is 3.61. The van der Waals surface area contributed by atoms with Crippen LogP contribution in [0.3, 0.4) is 0 Å². The van der Waals surface area contributed by atoms with Crippen molar-refractivity contribution in [3.05, 3.63) is 0 Å². The van der Waals surface area contributed by atoms with Gasteiger partial charge in [0.05, 0.1) is 0 Å². The van der Waals surface area contributed by atoms with E-state index >= 15 is 0 Å². The summed E-state index contributed by atoms with van der Waals surface area (Å²) in [5, 5.41) is 37.0. The van der Waals surface area contributed by atoms with Crippen LogP contribution in [0.2, 0.25) is 0 Å². The van der Waals surface area contributed by atoms with Crippen LogP contribution in [-0.4, -0.2) is 63.7 Å². The van der Waals surface area contributed by atoms with E-state index in [4.69, 9.17) is 14.6 Å². The summed E-state index contributed by atoms with van der Waals surface area (Å²) in [5.41, 5.74) is 0. The number of carboxylic acid groups (broad SMARTS) is 1. The maximum atomic E-state index is 10.7. The zero-order chi connectivity index (χ0) is 12.3. The van der Waals surface area contributed by atoms with Gasteiger partial charge >= 0.3 is 5.97 Å². The molecule has 7 heteroatoms. The highest BCUT2D eigenvalue weighted by Crippen LogP contribution is 2.22.